The molecule has 0 aliphatic heterocycles. The van der Waals surface area contributed by atoms with Crippen LogP contribution in [0.2, 0.25) is 0 Å². The molecule has 0 unspecified atom stereocenters. The Bertz CT molecular complexity index is 924. The van der Waals surface area contributed by atoms with Crippen LogP contribution in [-0.4, -0.2) is 22.6 Å². The molecular weight excluding hydrogens is 314 g/mol. The van der Waals surface area contributed by atoms with Crippen LogP contribution in [0, 0.1) is 6.92 Å². The van der Waals surface area contributed by atoms with Crippen molar-refractivity contribution in [3.8, 4) is 11.4 Å². The minimum absolute atomic E-state index is 0.126. The van der Waals surface area contributed by atoms with Crippen LogP contribution in [0.15, 0.2) is 64.4 Å². The van der Waals surface area contributed by atoms with Gasteiger partial charge in [0.2, 0.25) is 0 Å². The highest BCUT2D eigenvalue weighted by molar-refractivity contribution is 5.83. The van der Waals surface area contributed by atoms with E-state index < -0.39 is 0 Å². The molecule has 1 N–H and O–H groups in total. The fourth-order valence-corrected chi connectivity index (χ4v) is 2.50. The molecule has 0 atom stereocenters. The number of hydrogen-bond donors (Lipinski definition) is 1. The first-order valence-corrected chi connectivity index (χ1v) is 8.33. The highest BCUT2D eigenvalue weighted by atomic mass is 16.5. The van der Waals surface area contributed by atoms with Crippen molar-refractivity contribution in [3.63, 3.8) is 0 Å². The zero-order chi connectivity index (χ0) is 17.6. The molecule has 0 aliphatic carbocycles. The third kappa shape index (κ3) is 3.71. The SMILES string of the molecule is CCCOc1ccccc1N=Cc1c(C)[nH]n(-c2ccccc2)c1=O. The van der Waals surface area contributed by atoms with E-state index in [0.29, 0.717) is 17.9 Å². The molecule has 1 aromatic heterocycles. The minimum Gasteiger partial charge on any atom is -0.491 e. The second kappa shape index (κ2) is 7.66. The van der Waals surface area contributed by atoms with Gasteiger partial charge in [-0.2, -0.15) is 0 Å². The molecule has 0 fully saturated rings. The van der Waals surface area contributed by atoms with Gasteiger partial charge in [0.25, 0.3) is 5.56 Å². The minimum atomic E-state index is -0.126. The fourth-order valence-electron chi connectivity index (χ4n) is 2.50. The molecule has 2 aromatic carbocycles. The van der Waals surface area contributed by atoms with Crippen molar-refractivity contribution in [2.24, 2.45) is 4.99 Å². The molecule has 0 bridgehead atoms. The van der Waals surface area contributed by atoms with Gasteiger partial charge in [-0.15, -0.1) is 0 Å². The molecule has 128 valence electrons. The quantitative estimate of drug-likeness (QED) is 0.692. The third-order valence-electron chi connectivity index (χ3n) is 3.79. The van der Waals surface area contributed by atoms with E-state index >= 15 is 0 Å². The summed E-state index contributed by atoms with van der Waals surface area (Å²) in [7, 11) is 0. The van der Waals surface area contributed by atoms with Crippen LogP contribution < -0.4 is 10.3 Å². The molecule has 0 saturated heterocycles. The van der Waals surface area contributed by atoms with Gasteiger partial charge < -0.3 is 4.74 Å². The standard InChI is InChI=1S/C20H21N3O2/c1-3-13-25-19-12-8-7-11-18(19)21-14-17-15(2)22-23(20(17)24)16-9-5-4-6-10-16/h4-12,14,22H,3,13H2,1-2H3. The topological polar surface area (TPSA) is 59.4 Å². The van der Waals surface area contributed by atoms with Crippen molar-refractivity contribution in [1.29, 1.82) is 0 Å². The van der Waals surface area contributed by atoms with Crippen LogP contribution in [0.5, 0.6) is 5.75 Å². The molecular formula is C20H21N3O2. The van der Waals surface area contributed by atoms with Crippen molar-refractivity contribution in [3.05, 3.63) is 76.2 Å². The van der Waals surface area contributed by atoms with Crippen LogP contribution >= 0.6 is 0 Å². The molecule has 0 radical (unpaired) electrons. The molecule has 0 amide bonds. The maximum Gasteiger partial charge on any atom is 0.280 e. The van der Waals surface area contributed by atoms with Crippen molar-refractivity contribution < 1.29 is 4.74 Å². The normalized spacial score (nSPS) is 11.1. The van der Waals surface area contributed by atoms with E-state index in [2.05, 4.69) is 17.0 Å². The van der Waals surface area contributed by atoms with E-state index in [1.165, 1.54) is 4.68 Å². The lowest BCUT2D eigenvalue weighted by atomic mass is 10.2. The number of nitrogens with zero attached hydrogens (tertiary/aromatic N) is 2. The Balaban J connectivity index is 1.93. The summed E-state index contributed by atoms with van der Waals surface area (Å²) in [5.74, 6) is 0.720. The number of aliphatic imine (C=N–C) groups is 1. The number of aromatic nitrogens is 2. The summed E-state index contributed by atoms with van der Waals surface area (Å²) in [6, 6.07) is 17.0. The van der Waals surface area contributed by atoms with E-state index in [1.807, 2.05) is 61.5 Å². The lowest BCUT2D eigenvalue weighted by Gasteiger charge is -2.06. The molecule has 25 heavy (non-hydrogen) atoms. The van der Waals surface area contributed by atoms with Gasteiger partial charge in [-0.1, -0.05) is 37.3 Å². The Hall–Kier alpha value is -3.08. The molecule has 5 nitrogen and oxygen atoms in total. The van der Waals surface area contributed by atoms with E-state index in [1.54, 1.807) is 6.21 Å². The van der Waals surface area contributed by atoms with Crippen molar-refractivity contribution in [1.82, 2.24) is 9.78 Å². The second-order valence-corrected chi connectivity index (χ2v) is 5.70. The van der Waals surface area contributed by atoms with Crippen LogP contribution in [-0.2, 0) is 0 Å². The van der Waals surface area contributed by atoms with Crippen LogP contribution in [0.1, 0.15) is 24.6 Å². The van der Waals surface area contributed by atoms with E-state index in [9.17, 15) is 4.79 Å². The van der Waals surface area contributed by atoms with E-state index in [0.717, 1.165) is 23.6 Å². The maximum atomic E-state index is 12.7. The Labute approximate surface area is 146 Å². The zero-order valence-electron chi connectivity index (χ0n) is 14.4. The molecule has 1 heterocycles. The summed E-state index contributed by atoms with van der Waals surface area (Å²) in [6.45, 7) is 4.55. The number of ether oxygens (including phenoxy) is 1. The number of H-pyrrole nitrogens is 1. The largest absolute Gasteiger partial charge is 0.491 e. The number of para-hydroxylation sites is 3. The Morgan fingerprint density at radius 3 is 2.60 bits per heavy atom. The summed E-state index contributed by atoms with van der Waals surface area (Å²) in [4.78, 5) is 17.2. The third-order valence-corrected chi connectivity index (χ3v) is 3.79. The lowest BCUT2D eigenvalue weighted by molar-refractivity contribution is 0.318. The molecule has 5 heteroatoms. The van der Waals surface area contributed by atoms with Crippen LogP contribution in [0.3, 0.4) is 0 Å². The lowest BCUT2D eigenvalue weighted by Crippen LogP contribution is -2.17. The second-order valence-electron chi connectivity index (χ2n) is 5.70. The van der Waals surface area contributed by atoms with Gasteiger partial charge in [0.1, 0.15) is 11.4 Å². The monoisotopic (exact) mass is 335 g/mol. The molecule has 0 aliphatic rings. The predicted molar refractivity (Wildman–Crippen MR) is 101 cm³/mol. The summed E-state index contributed by atoms with van der Waals surface area (Å²) in [5, 5.41) is 3.10. The molecule has 3 rings (SSSR count). The zero-order valence-corrected chi connectivity index (χ0v) is 14.4. The molecule has 0 saturated carbocycles. The average molecular weight is 335 g/mol. The summed E-state index contributed by atoms with van der Waals surface area (Å²) < 4.78 is 7.23. The maximum absolute atomic E-state index is 12.7. The number of aromatic amines is 1. The Morgan fingerprint density at radius 2 is 1.84 bits per heavy atom. The van der Waals surface area contributed by atoms with Crippen molar-refractivity contribution in [2.45, 2.75) is 20.3 Å². The summed E-state index contributed by atoms with van der Waals surface area (Å²) in [6.07, 6.45) is 2.53. The van der Waals surface area contributed by atoms with Crippen molar-refractivity contribution >= 4 is 11.9 Å². The van der Waals surface area contributed by atoms with Crippen LogP contribution in [0.25, 0.3) is 5.69 Å². The van der Waals surface area contributed by atoms with Crippen molar-refractivity contribution in [2.75, 3.05) is 6.61 Å². The Kier molecular flexibility index (Phi) is 5.14. The Morgan fingerprint density at radius 1 is 1.12 bits per heavy atom. The van der Waals surface area contributed by atoms with Gasteiger partial charge in [0.05, 0.1) is 17.9 Å². The summed E-state index contributed by atoms with van der Waals surface area (Å²) in [5.41, 5.74) is 2.68. The first kappa shape index (κ1) is 16.8. The van der Waals surface area contributed by atoms with Gasteiger partial charge in [-0.05, 0) is 37.6 Å². The number of rotatable bonds is 6. The van der Waals surface area contributed by atoms with Gasteiger partial charge in [-0.25, -0.2) is 4.68 Å². The average Bonchev–Trinajstić information content (AvgIpc) is 2.93. The van der Waals surface area contributed by atoms with Gasteiger partial charge >= 0.3 is 0 Å². The predicted octanol–water partition coefficient (Wildman–Crippen LogP) is 4.01. The first-order valence-electron chi connectivity index (χ1n) is 8.33. The molecule has 3 aromatic rings. The number of hydrogen-bond acceptors (Lipinski definition) is 3. The summed E-state index contributed by atoms with van der Waals surface area (Å²) >= 11 is 0. The van der Waals surface area contributed by atoms with E-state index in [-0.39, 0.29) is 5.56 Å². The van der Waals surface area contributed by atoms with Gasteiger partial charge in [0, 0.05) is 11.9 Å². The van der Waals surface area contributed by atoms with Gasteiger partial charge in [0.15, 0.2) is 0 Å². The smallest absolute Gasteiger partial charge is 0.280 e. The van der Waals surface area contributed by atoms with Gasteiger partial charge in [-0.3, -0.25) is 14.9 Å². The highest BCUT2D eigenvalue weighted by Gasteiger charge is 2.10. The van der Waals surface area contributed by atoms with E-state index in [4.69, 9.17) is 4.74 Å². The highest BCUT2D eigenvalue weighted by Crippen LogP contribution is 2.26. The number of nitrogens with one attached hydrogen (secondary N) is 1. The first-order chi connectivity index (χ1) is 12.2. The van der Waals surface area contributed by atoms with Crippen LogP contribution in [0.4, 0.5) is 5.69 Å². The number of aryl methyl sites for hydroxylation is 1. The fraction of sp³-hybridized carbons (Fsp3) is 0.200. The molecule has 0 spiro atoms. The number of benzene rings is 2.